The van der Waals surface area contributed by atoms with Gasteiger partial charge < -0.3 is 34.8 Å². The zero-order valence-electron chi connectivity index (χ0n) is 37.3. The second-order valence-corrected chi connectivity index (χ2v) is 19.2. The number of methoxy groups -OCH3 is 1. The highest BCUT2D eigenvalue weighted by Crippen LogP contribution is 2.38. The molecule has 7 rings (SSSR count). The summed E-state index contributed by atoms with van der Waals surface area (Å²) in [7, 11) is 1.28. The van der Waals surface area contributed by atoms with E-state index < -0.39 is 36.2 Å². The number of aliphatic imine (C=N–C) groups is 2. The number of likely N-dealkylation sites (tertiary alicyclic amines) is 2. The highest BCUT2D eigenvalue weighted by Gasteiger charge is 2.45. The topological polar surface area (TPSA) is 158 Å². The SMILES string of the molecule is COC(=O)NC(C(=O)N1CC(C)CC1C1N=CC(C2CC=C(C3=CCC(NC(=O)N4CCC(N5CCN(C(=O)C(C)(C)C)CC5)CC4)=CC3OC(F)(F)F)CC2)=N1)C1CCOCC1. The van der Waals surface area contributed by atoms with Gasteiger partial charge in [-0.15, -0.1) is 13.2 Å². The smallest absolute Gasteiger partial charge is 0.453 e. The average Bonchev–Trinajstić information content (AvgIpc) is 3.92. The number of allylic oxidation sites excluding steroid dienone is 2. The van der Waals surface area contributed by atoms with Crippen LogP contribution in [0.5, 0.6) is 0 Å². The maximum absolute atomic E-state index is 14.1. The van der Waals surface area contributed by atoms with Crippen molar-refractivity contribution in [3.63, 3.8) is 0 Å². The van der Waals surface area contributed by atoms with Crippen molar-refractivity contribution < 1.29 is 46.6 Å². The molecule has 4 saturated heterocycles. The summed E-state index contributed by atoms with van der Waals surface area (Å²) in [5.41, 5.74) is 1.98. The molecular weight excluding hydrogens is 822 g/mol. The maximum atomic E-state index is 14.1. The van der Waals surface area contributed by atoms with Crippen LogP contribution in [0.1, 0.15) is 85.5 Å². The van der Waals surface area contributed by atoms with E-state index in [0.717, 1.165) is 37.2 Å². The number of halogens is 3. The molecule has 2 N–H and O–H groups in total. The fourth-order valence-electron chi connectivity index (χ4n) is 10.3. The van der Waals surface area contributed by atoms with E-state index in [1.54, 1.807) is 17.2 Å². The highest BCUT2D eigenvalue weighted by atomic mass is 19.4. The summed E-state index contributed by atoms with van der Waals surface area (Å²) in [6.07, 6.45) is 4.92. The number of hydrogen-bond donors (Lipinski definition) is 2. The second-order valence-electron chi connectivity index (χ2n) is 19.2. The minimum Gasteiger partial charge on any atom is -0.453 e. The Bertz CT molecular complexity index is 1860. The molecule has 5 aliphatic heterocycles. The predicted molar refractivity (Wildman–Crippen MR) is 230 cm³/mol. The van der Waals surface area contributed by atoms with E-state index in [0.29, 0.717) is 102 Å². The van der Waals surface area contributed by atoms with Gasteiger partial charge in [0.15, 0.2) is 6.17 Å². The Morgan fingerprint density at radius 3 is 2.29 bits per heavy atom. The maximum Gasteiger partial charge on any atom is 0.523 e. The van der Waals surface area contributed by atoms with Crippen LogP contribution in [0, 0.1) is 23.2 Å². The summed E-state index contributed by atoms with van der Waals surface area (Å²) in [6, 6.07) is -1.06. The Morgan fingerprint density at radius 1 is 0.937 bits per heavy atom. The standard InChI is InChI=1S/C45H65F3N8O7/c1-28-24-36(56(27-28)40(57)38(52-43(60)61-5)31-14-22-62-23-15-31)39-49-26-35(51-39)30-8-6-29(7-9-30)34-11-10-32(25-37(34)63-45(46,47)48)50-42(59)55-16-12-33(13-17-55)53-18-20-54(21-19-53)41(58)44(2,3)4/h6,11,25-26,28,30-31,33,36-39H,7-10,12-24,27H2,1-5H3,(H,50,59)(H,52,60). The molecule has 0 radical (unpaired) electrons. The molecule has 0 spiro atoms. The van der Waals surface area contributed by atoms with Crippen LogP contribution in [-0.4, -0.2) is 158 Å². The lowest BCUT2D eigenvalue weighted by Gasteiger charge is -2.43. The van der Waals surface area contributed by atoms with Gasteiger partial charge in [0.2, 0.25) is 11.8 Å². The van der Waals surface area contributed by atoms with Crippen molar-refractivity contribution in [1.82, 2.24) is 30.2 Å². The van der Waals surface area contributed by atoms with E-state index in [9.17, 15) is 32.3 Å². The molecule has 0 saturated carbocycles. The largest absolute Gasteiger partial charge is 0.523 e. The van der Waals surface area contributed by atoms with Crippen molar-refractivity contribution in [3.8, 4) is 0 Å². The lowest BCUT2D eigenvalue weighted by Crippen LogP contribution is -2.56. The van der Waals surface area contributed by atoms with Gasteiger partial charge in [0.05, 0.1) is 18.9 Å². The number of nitrogens with zero attached hydrogens (tertiary/aromatic N) is 6. The fraction of sp³-hybridized carbons (Fsp3) is 0.733. The van der Waals surface area contributed by atoms with E-state index >= 15 is 0 Å². The van der Waals surface area contributed by atoms with E-state index in [2.05, 4.69) is 27.2 Å². The van der Waals surface area contributed by atoms with Crippen LogP contribution in [0.15, 0.2) is 45.1 Å². The molecule has 348 valence electrons. The number of rotatable bonds is 9. The number of carbonyl (C=O) groups is 4. The first-order valence-corrected chi connectivity index (χ1v) is 22.7. The van der Waals surface area contributed by atoms with Gasteiger partial charge in [-0.1, -0.05) is 39.8 Å². The van der Waals surface area contributed by atoms with E-state index in [1.807, 2.05) is 36.6 Å². The van der Waals surface area contributed by atoms with Crippen molar-refractivity contribution in [2.45, 2.75) is 122 Å². The van der Waals surface area contributed by atoms with Crippen molar-refractivity contribution >= 4 is 35.9 Å². The summed E-state index contributed by atoms with van der Waals surface area (Å²) >= 11 is 0. The number of ether oxygens (including phenoxy) is 3. The van der Waals surface area contributed by atoms with Crippen molar-refractivity contribution in [2.24, 2.45) is 33.2 Å². The Balaban J connectivity index is 0.932. The van der Waals surface area contributed by atoms with Crippen LogP contribution >= 0.6 is 0 Å². The average molecular weight is 887 g/mol. The number of alkyl carbamates (subject to hydrolysis) is 1. The molecule has 5 heterocycles. The van der Waals surface area contributed by atoms with Gasteiger partial charge in [0, 0.05) is 94.7 Å². The van der Waals surface area contributed by atoms with E-state index in [1.165, 1.54) is 13.2 Å². The third kappa shape index (κ3) is 11.5. The zero-order valence-corrected chi connectivity index (χ0v) is 37.3. The quantitative estimate of drug-likeness (QED) is 0.310. The van der Waals surface area contributed by atoms with Crippen molar-refractivity contribution in [3.05, 3.63) is 35.1 Å². The number of piperazine rings is 1. The minimum absolute atomic E-state index is 0.00411. The van der Waals surface area contributed by atoms with Gasteiger partial charge in [0.1, 0.15) is 12.1 Å². The molecule has 6 unspecified atom stereocenters. The van der Waals surface area contributed by atoms with Crippen molar-refractivity contribution in [1.29, 1.82) is 0 Å². The molecule has 0 bridgehead atoms. The lowest BCUT2D eigenvalue weighted by molar-refractivity contribution is -0.331. The second kappa shape index (κ2) is 19.8. The molecular formula is C45H65F3N8O7. The summed E-state index contributed by atoms with van der Waals surface area (Å²) in [6.45, 7) is 13.5. The van der Waals surface area contributed by atoms with Gasteiger partial charge in [0.25, 0.3) is 0 Å². The van der Waals surface area contributed by atoms with Crippen LogP contribution in [0.25, 0.3) is 0 Å². The van der Waals surface area contributed by atoms with Crippen LogP contribution in [-0.2, 0) is 23.8 Å². The number of amides is 5. The van der Waals surface area contributed by atoms with Crippen molar-refractivity contribution in [2.75, 3.05) is 66.1 Å². The normalized spacial score (nSPS) is 28.5. The number of carbonyl (C=O) groups excluding carboxylic acids is 4. The first-order valence-electron chi connectivity index (χ1n) is 22.7. The molecule has 7 aliphatic rings. The Hall–Kier alpha value is -4.29. The molecule has 0 aromatic heterocycles. The first-order chi connectivity index (χ1) is 30.0. The van der Waals surface area contributed by atoms with Crippen LogP contribution in [0.4, 0.5) is 22.8 Å². The predicted octanol–water partition coefficient (Wildman–Crippen LogP) is 5.44. The summed E-state index contributed by atoms with van der Waals surface area (Å²) < 4.78 is 56.5. The van der Waals surface area contributed by atoms with Gasteiger partial charge in [-0.25, -0.2) is 9.59 Å². The molecule has 5 amide bonds. The molecule has 15 nitrogen and oxygen atoms in total. The van der Waals surface area contributed by atoms with E-state index in [4.69, 9.17) is 19.5 Å². The number of alkyl halides is 3. The minimum atomic E-state index is -4.89. The molecule has 63 heavy (non-hydrogen) atoms. The number of nitrogens with one attached hydrogen (secondary N) is 2. The number of piperidine rings is 1. The fourth-order valence-corrected chi connectivity index (χ4v) is 10.3. The third-order valence-corrected chi connectivity index (χ3v) is 13.7. The Morgan fingerprint density at radius 2 is 1.65 bits per heavy atom. The molecule has 2 aliphatic carbocycles. The third-order valence-electron chi connectivity index (χ3n) is 13.7. The molecule has 0 aromatic carbocycles. The van der Waals surface area contributed by atoms with Gasteiger partial charge >= 0.3 is 18.5 Å². The van der Waals surface area contributed by atoms with Crippen LogP contribution in [0.2, 0.25) is 0 Å². The number of hydrogen-bond acceptors (Lipinski definition) is 10. The van der Waals surface area contributed by atoms with Crippen LogP contribution in [0.3, 0.4) is 0 Å². The van der Waals surface area contributed by atoms with Crippen LogP contribution < -0.4 is 10.6 Å². The summed E-state index contributed by atoms with van der Waals surface area (Å²) in [5, 5.41) is 5.66. The van der Waals surface area contributed by atoms with E-state index in [-0.39, 0.29) is 48.1 Å². The van der Waals surface area contributed by atoms with Gasteiger partial charge in [-0.05, 0) is 80.4 Å². The van der Waals surface area contributed by atoms with Gasteiger partial charge in [-0.3, -0.25) is 29.2 Å². The molecule has 18 heteroatoms. The summed E-state index contributed by atoms with van der Waals surface area (Å²) in [5.74, 6) is 0.120. The summed E-state index contributed by atoms with van der Waals surface area (Å²) in [4.78, 5) is 70.2. The van der Waals surface area contributed by atoms with Gasteiger partial charge in [-0.2, -0.15) is 0 Å². The molecule has 0 aromatic rings. The Labute approximate surface area is 368 Å². The lowest BCUT2D eigenvalue weighted by atomic mass is 9.81. The monoisotopic (exact) mass is 886 g/mol. The first kappa shape index (κ1) is 46.7. The molecule has 6 atom stereocenters. The zero-order chi connectivity index (χ0) is 45.1. The number of urea groups is 1. The molecule has 4 fully saturated rings. The Kier molecular flexibility index (Phi) is 14.7. The highest BCUT2D eigenvalue weighted by molar-refractivity contribution is 6.32.